The third-order valence-corrected chi connectivity index (χ3v) is 4.56. The minimum Gasteiger partial charge on any atom is -0.463 e. The predicted octanol–water partition coefficient (Wildman–Crippen LogP) is 2.74. The lowest BCUT2D eigenvalue weighted by Gasteiger charge is -2.33. The van der Waals surface area contributed by atoms with E-state index < -0.39 is 11.7 Å². The summed E-state index contributed by atoms with van der Waals surface area (Å²) in [7, 11) is 0. The average molecular weight is 384 g/mol. The third-order valence-electron chi connectivity index (χ3n) is 4.56. The Bertz CT molecular complexity index is 1230. The van der Waals surface area contributed by atoms with Gasteiger partial charge in [0.25, 0.3) is 11.7 Å². The van der Waals surface area contributed by atoms with Gasteiger partial charge in [-0.05, 0) is 36.4 Å². The number of amides is 1. The molecule has 1 aliphatic heterocycles. The molecular formula is C21H16N6O2. The SMILES string of the molecule is O=C(NC1(c2ccco2)N=CC=C(n2cccn2)N1)c1ccc2ccccc2n1. The van der Waals surface area contributed by atoms with Crippen LogP contribution in [-0.2, 0) is 5.79 Å². The second-order valence-corrected chi connectivity index (χ2v) is 6.44. The molecule has 29 heavy (non-hydrogen) atoms. The van der Waals surface area contributed by atoms with Gasteiger partial charge in [0.2, 0.25) is 0 Å². The summed E-state index contributed by atoms with van der Waals surface area (Å²) in [6, 6.07) is 16.5. The van der Waals surface area contributed by atoms with Gasteiger partial charge in [0.05, 0.1) is 11.8 Å². The number of hydrogen-bond acceptors (Lipinski definition) is 6. The molecule has 8 nitrogen and oxygen atoms in total. The lowest BCUT2D eigenvalue weighted by molar-refractivity contribution is 0.0866. The van der Waals surface area contributed by atoms with Crippen LogP contribution in [0.15, 0.2) is 88.7 Å². The fourth-order valence-corrected chi connectivity index (χ4v) is 3.18. The Labute approximate surface area is 165 Å². The van der Waals surface area contributed by atoms with E-state index in [9.17, 15) is 4.79 Å². The molecular weight excluding hydrogens is 368 g/mol. The number of aromatic nitrogens is 3. The molecule has 0 saturated heterocycles. The number of allylic oxidation sites excluding steroid dienone is 1. The van der Waals surface area contributed by atoms with E-state index in [2.05, 4.69) is 25.7 Å². The smallest absolute Gasteiger partial charge is 0.273 e. The van der Waals surface area contributed by atoms with Crippen LogP contribution in [0.5, 0.6) is 0 Å². The summed E-state index contributed by atoms with van der Waals surface area (Å²) in [5.41, 5.74) is 1.02. The van der Waals surface area contributed by atoms with Gasteiger partial charge in [-0.3, -0.25) is 4.79 Å². The second-order valence-electron chi connectivity index (χ2n) is 6.44. The van der Waals surface area contributed by atoms with Crippen LogP contribution >= 0.6 is 0 Å². The summed E-state index contributed by atoms with van der Waals surface area (Å²) >= 11 is 0. The zero-order valence-electron chi connectivity index (χ0n) is 15.2. The molecule has 2 N–H and O–H groups in total. The van der Waals surface area contributed by atoms with Crippen LogP contribution in [0.2, 0.25) is 0 Å². The maximum Gasteiger partial charge on any atom is 0.273 e. The number of rotatable bonds is 4. The third kappa shape index (κ3) is 3.06. The summed E-state index contributed by atoms with van der Waals surface area (Å²) in [5.74, 6) is -0.656. The van der Waals surface area contributed by atoms with Crippen molar-refractivity contribution in [1.82, 2.24) is 25.4 Å². The van der Waals surface area contributed by atoms with Gasteiger partial charge < -0.3 is 15.1 Å². The molecule has 0 bridgehead atoms. The van der Waals surface area contributed by atoms with Gasteiger partial charge in [0.15, 0.2) is 5.76 Å². The number of fused-ring (bicyclic) bond motifs is 1. The van der Waals surface area contributed by atoms with Crippen LogP contribution in [0.4, 0.5) is 0 Å². The topological polar surface area (TPSA) is 97.3 Å². The zero-order chi connectivity index (χ0) is 19.7. The van der Waals surface area contributed by atoms with E-state index in [0.29, 0.717) is 11.6 Å². The molecule has 1 aromatic carbocycles. The molecule has 4 heterocycles. The van der Waals surface area contributed by atoms with Crippen molar-refractivity contribution in [3.05, 3.63) is 90.8 Å². The van der Waals surface area contributed by atoms with Crippen molar-refractivity contribution in [2.24, 2.45) is 4.99 Å². The van der Waals surface area contributed by atoms with E-state index >= 15 is 0 Å². The zero-order valence-corrected chi connectivity index (χ0v) is 15.2. The Morgan fingerprint density at radius 1 is 1.10 bits per heavy atom. The lowest BCUT2D eigenvalue weighted by Crippen LogP contribution is -2.55. The first-order valence-corrected chi connectivity index (χ1v) is 9.00. The maximum atomic E-state index is 13.1. The Balaban J connectivity index is 1.50. The van der Waals surface area contributed by atoms with Crippen molar-refractivity contribution in [2.45, 2.75) is 5.79 Å². The minimum atomic E-state index is -1.33. The standard InChI is InChI=1S/C21H16N6O2/c28-20(17-9-8-15-5-1-2-6-16(15)24-17)26-21(18-7-3-14-29-18)22-12-10-19(25-21)27-13-4-11-23-27/h1-14,25H,(H,26,28). The van der Waals surface area contributed by atoms with Gasteiger partial charge in [-0.25, -0.2) is 14.7 Å². The molecule has 142 valence electrons. The van der Waals surface area contributed by atoms with Crippen LogP contribution in [0, 0.1) is 0 Å². The van der Waals surface area contributed by atoms with E-state index in [1.54, 1.807) is 53.6 Å². The molecule has 0 radical (unpaired) electrons. The number of pyridine rings is 1. The van der Waals surface area contributed by atoms with Crippen LogP contribution in [0.3, 0.4) is 0 Å². The van der Waals surface area contributed by atoms with Gasteiger partial charge in [-0.1, -0.05) is 24.3 Å². The summed E-state index contributed by atoms with van der Waals surface area (Å²) in [5, 5.41) is 11.3. The molecule has 1 atom stereocenters. The first-order valence-electron chi connectivity index (χ1n) is 9.00. The molecule has 1 aliphatic rings. The number of aliphatic imine (C=N–C) groups is 1. The number of carbonyl (C=O) groups is 1. The highest BCUT2D eigenvalue weighted by Crippen LogP contribution is 2.26. The van der Waals surface area contributed by atoms with Gasteiger partial charge in [-0.2, -0.15) is 5.10 Å². The number of furan rings is 1. The fraction of sp³-hybridized carbons (Fsp3) is 0.0476. The van der Waals surface area contributed by atoms with Crippen molar-refractivity contribution in [1.29, 1.82) is 0 Å². The number of nitrogens with one attached hydrogen (secondary N) is 2. The minimum absolute atomic E-state index is 0.279. The van der Waals surface area contributed by atoms with Crippen LogP contribution < -0.4 is 10.6 Å². The number of para-hydroxylation sites is 1. The van der Waals surface area contributed by atoms with Crippen molar-refractivity contribution < 1.29 is 9.21 Å². The molecule has 4 aromatic rings. The Kier molecular flexibility index (Phi) is 3.94. The molecule has 1 unspecified atom stereocenters. The van der Waals surface area contributed by atoms with Gasteiger partial charge in [-0.15, -0.1) is 0 Å². The number of hydrogen-bond donors (Lipinski definition) is 2. The summed E-state index contributed by atoms with van der Waals surface area (Å²) in [4.78, 5) is 22.0. The summed E-state index contributed by atoms with van der Waals surface area (Å²) in [6.45, 7) is 0. The van der Waals surface area contributed by atoms with Gasteiger partial charge >= 0.3 is 0 Å². The highest BCUT2D eigenvalue weighted by molar-refractivity contribution is 5.95. The molecule has 0 fully saturated rings. The summed E-state index contributed by atoms with van der Waals surface area (Å²) < 4.78 is 7.22. The molecule has 8 heteroatoms. The molecule has 1 amide bonds. The predicted molar refractivity (Wildman–Crippen MR) is 108 cm³/mol. The first-order chi connectivity index (χ1) is 14.2. The molecule has 0 saturated carbocycles. The molecule has 5 rings (SSSR count). The largest absolute Gasteiger partial charge is 0.463 e. The average Bonchev–Trinajstić information content (AvgIpc) is 3.48. The van der Waals surface area contributed by atoms with Crippen molar-refractivity contribution in [3.8, 4) is 0 Å². The van der Waals surface area contributed by atoms with E-state index in [1.165, 1.54) is 6.26 Å². The quantitative estimate of drug-likeness (QED) is 0.564. The van der Waals surface area contributed by atoms with Crippen molar-refractivity contribution >= 4 is 28.8 Å². The molecule has 0 aliphatic carbocycles. The Morgan fingerprint density at radius 3 is 2.86 bits per heavy atom. The lowest BCUT2D eigenvalue weighted by atomic mass is 10.1. The van der Waals surface area contributed by atoms with E-state index in [1.807, 2.05) is 30.3 Å². The second kappa shape index (κ2) is 6.75. The summed E-state index contributed by atoms with van der Waals surface area (Å²) in [6.07, 6.45) is 8.34. The fourth-order valence-electron chi connectivity index (χ4n) is 3.18. The monoisotopic (exact) mass is 384 g/mol. The van der Waals surface area contributed by atoms with Crippen molar-refractivity contribution in [2.75, 3.05) is 0 Å². The van der Waals surface area contributed by atoms with E-state index in [0.717, 1.165) is 10.9 Å². The Hall–Kier alpha value is -4.20. The highest BCUT2D eigenvalue weighted by atomic mass is 16.3. The van der Waals surface area contributed by atoms with Crippen LogP contribution in [-0.4, -0.2) is 26.9 Å². The molecule has 3 aromatic heterocycles. The van der Waals surface area contributed by atoms with Crippen molar-refractivity contribution in [3.63, 3.8) is 0 Å². The normalized spacial score (nSPS) is 18.3. The number of carbonyl (C=O) groups excluding carboxylic acids is 1. The van der Waals surface area contributed by atoms with E-state index in [4.69, 9.17) is 4.42 Å². The van der Waals surface area contributed by atoms with Gasteiger partial charge in [0.1, 0.15) is 11.5 Å². The van der Waals surface area contributed by atoms with Gasteiger partial charge in [0, 0.05) is 24.0 Å². The Morgan fingerprint density at radius 2 is 2.03 bits per heavy atom. The number of nitrogens with zero attached hydrogens (tertiary/aromatic N) is 4. The maximum absolute atomic E-state index is 13.1. The number of benzene rings is 1. The van der Waals surface area contributed by atoms with Crippen LogP contribution in [0.1, 0.15) is 16.2 Å². The highest BCUT2D eigenvalue weighted by Gasteiger charge is 2.39. The first kappa shape index (κ1) is 16.9. The van der Waals surface area contributed by atoms with E-state index in [-0.39, 0.29) is 5.69 Å². The molecule has 0 spiro atoms. The van der Waals surface area contributed by atoms with Crippen LogP contribution in [0.25, 0.3) is 16.7 Å².